The van der Waals surface area contributed by atoms with Crippen LogP contribution in [0.15, 0.2) is 0 Å². The van der Waals surface area contributed by atoms with Crippen molar-refractivity contribution in [2.75, 3.05) is 6.54 Å². The standard InChI is InChI=1S/C7H11N3O6S.H2O/c8-6(11)5-2-1-4-3-9(5)7(12)10(4)16-17(13,14)15;/h4-5H,1-3H2,(H2,8,11)(H,13,14,15);1H2/t4-,5+;/m0./s1. The van der Waals surface area contributed by atoms with E-state index in [0.717, 1.165) is 4.90 Å². The topological polar surface area (TPSA) is 162 Å². The molecule has 2 aliphatic heterocycles. The maximum absolute atomic E-state index is 11.7. The molecule has 0 aliphatic carbocycles. The van der Waals surface area contributed by atoms with Gasteiger partial charge in [-0.3, -0.25) is 9.35 Å². The van der Waals surface area contributed by atoms with Crippen molar-refractivity contribution in [1.29, 1.82) is 0 Å². The van der Waals surface area contributed by atoms with E-state index in [1.807, 2.05) is 0 Å². The van der Waals surface area contributed by atoms with Crippen molar-refractivity contribution in [3.8, 4) is 0 Å². The number of rotatable bonds is 3. The zero-order valence-corrected chi connectivity index (χ0v) is 9.96. The third-order valence-electron chi connectivity index (χ3n) is 2.83. The lowest BCUT2D eigenvalue weighted by molar-refractivity contribution is -0.122. The summed E-state index contributed by atoms with van der Waals surface area (Å²) in [4.78, 5) is 23.9. The molecule has 0 unspecified atom stereocenters. The molecule has 104 valence electrons. The average Bonchev–Trinajstić information content (AvgIpc) is 2.42. The molecule has 18 heavy (non-hydrogen) atoms. The van der Waals surface area contributed by atoms with Gasteiger partial charge in [0.1, 0.15) is 6.04 Å². The van der Waals surface area contributed by atoms with Crippen molar-refractivity contribution < 1.29 is 32.3 Å². The summed E-state index contributed by atoms with van der Waals surface area (Å²) < 4.78 is 33.8. The number of hydrogen-bond acceptors (Lipinski definition) is 5. The van der Waals surface area contributed by atoms with Crippen LogP contribution < -0.4 is 5.73 Å². The zero-order chi connectivity index (χ0) is 12.8. The number of urea groups is 1. The van der Waals surface area contributed by atoms with Gasteiger partial charge in [0, 0.05) is 6.54 Å². The fourth-order valence-electron chi connectivity index (χ4n) is 2.13. The Bertz CT molecular complexity index is 464. The number of hydroxylamine groups is 2. The van der Waals surface area contributed by atoms with E-state index in [1.165, 1.54) is 0 Å². The Hall–Kier alpha value is -1.43. The fourth-order valence-corrected chi connectivity index (χ4v) is 2.52. The minimum atomic E-state index is -4.75. The Kier molecular flexibility index (Phi) is 3.81. The van der Waals surface area contributed by atoms with Crippen LogP contribution >= 0.6 is 0 Å². The lowest BCUT2D eigenvalue weighted by atomic mass is 10.0. The number of primary amides is 1. The predicted octanol–water partition coefficient (Wildman–Crippen LogP) is -2.35. The van der Waals surface area contributed by atoms with E-state index >= 15 is 0 Å². The summed E-state index contributed by atoms with van der Waals surface area (Å²) in [5, 5.41) is 0.568. The van der Waals surface area contributed by atoms with Crippen LogP contribution in [0.1, 0.15) is 12.8 Å². The van der Waals surface area contributed by atoms with E-state index in [9.17, 15) is 18.0 Å². The average molecular weight is 283 g/mol. The summed E-state index contributed by atoms with van der Waals surface area (Å²) in [6, 6.07) is -2.04. The Balaban J connectivity index is 0.00000162. The van der Waals surface area contributed by atoms with Crippen LogP contribution in [0.3, 0.4) is 0 Å². The smallest absolute Gasteiger partial charge is 0.412 e. The maximum atomic E-state index is 11.7. The summed E-state index contributed by atoms with van der Waals surface area (Å²) in [5.74, 6) is -0.648. The predicted molar refractivity (Wildman–Crippen MR) is 56.2 cm³/mol. The van der Waals surface area contributed by atoms with Crippen molar-refractivity contribution >= 4 is 22.3 Å². The van der Waals surface area contributed by atoms with E-state index in [2.05, 4.69) is 4.28 Å². The van der Waals surface area contributed by atoms with Gasteiger partial charge in [0.25, 0.3) is 0 Å². The molecule has 11 heteroatoms. The molecular formula is C7H13N3O7S. The summed E-state index contributed by atoms with van der Waals surface area (Å²) >= 11 is 0. The van der Waals surface area contributed by atoms with Crippen molar-refractivity contribution in [2.45, 2.75) is 24.9 Å². The van der Waals surface area contributed by atoms with Gasteiger partial charge in [-0.2, -0.15) is 13.5 Å². The molecule has 0 saturated carbocycles. The SMILES string of the molecule is NC(=O)[C@H]1CC[C@H]2CN1C(=O)N2OS(=O)(=O)O.O. The van der Waals surface area contributed by atoms with Gasteiger partial charge in [0.05, 0.1) is 6.04 Å². The molecule has 3 amide bonds. The normalized spacial score (nSPS) is 27.1. The van der Waals surface area contributed by atoms with Crippen LogP contribution in [-0.2, 0) is 19.5 Å². The van der Waals surface area contributed by atoms with Gasteiger partial charge in [0.15, 0.2) is 0 Å². The van der Waals surface area contributed by atoms with Crippen molar-refractivity contribution in [3.05, 3.63) is 0 Å². The number of carbonyl (C=O) groups is 2. The Morgan fingerprint density at radius 2 is 2.06 bits per heavy atom. The number of hydrogen-bond donors (Lipinski definition) is 2. The highest BCUT2D eigenvalue weighted by atomic mass is 32.3. The molecule has 2 fully saturated rings. The van der Waals surface area contributed by atoms with Crippen molar-refractivity contribution in [1.82, 2.24) is 9.96 Å². The summed E-state index contributed by atoms with van der Waals surface area (Å²) in [5.41, 5.74) is 5.13. The van der Waals surface area contributed by atoms with E-state index in [4.69, 9.17) is 10.3 Å². The number of carbonyl (C=O) groups excluding carboxylic acids is 2. The number of piperidine rings is 1. The highest BCUT2D eigenvalue weighted by Gasteiger charge is 2.48. The zero-order valence-electron chi connectivity index (χ0n) is 9.14. The fraction of sp³-hybridized carbons (Fsp3) is 0.714. The Morgan fingerprint density at radius 3 is 2.56 bits per heavy atom. The van der Waals surface area contributed by atoms with Crippen molar-refractivity contribution in [3.63, 3.8) is 0 Å². The summed E-state index contributed by atoms with van der Waals surface area (Å²) in [7, 11) is -4.75. The van der Waals surface area contributed by atoms with Gasteiger partial charge in [0.2, 0.25) is 5.91 Å². The number of amides is 3. The van der Waals surface area contributed by atoms with Crippen LogP contribution in [0, 0.1) is 0 Å². The molecule has 0 radical (unpaired) electrons. The van der Waals surface area contributed by atoms with E-state index in [0.29, 0.717) is 17.9 Å². The van der Waals surface area contributed by atoms with E-state index < -0.39 is 34.4 Å². The molecule has 2 heterocycles. The summed E-state index contributed by atoms with van der Waals surface area (Å²) in [6.45, 7) is 0.155. The lowest BCUT2D eigenvalue weighted by Crippen LogP contribution is -2.47. The second-order valence-corrected chi connectivity index (χ2v) is 4.92. The van der Waals surface area contributed by atoms with Gasteiger partial charge in [-0.05, 0) is 12.8 Å². The van der Waals surface area contributed by atoms with Gasteiger partial charge in [-0.15, -0.1) is 4.28 Å². The van der Waals surface area contributed by atoms with Crippen LogP contribution in [-0.4, -0.2) is 59.0 Å². The quantitative estimate of drug-likeness (QED) is 0.551. The third-order valence-corrected chi connectivity index (χ3v) is 3.17. The van der Waals surface area contributed by atoms with Gasteiger partial charge in [-0.1, -0.05) is 0 Å². The first-order valence-electron chi connectivity index (χ1n) is 4.86. The Labute approximate surface area is 102 Å². The minimum Gasteiger partial charge on any atom is -0.412 e. The monoisotopic (exact) mass is 283 g/mol. The first-order valence-corrected chi connectivity index (χ1v) is 6.22. The first kappa shape index (κ1) is 14.6. The van der Waals surface area contributed by atoms with E-state index in [-0.39, 0.29) is 12.0 Å². The molecule has 2 atom stereocenters. The van der Waals surface area contributed by atoms with Gasteiger partial charge < -0.3 is 16.1 Å². The summed E-state index contributed by atoms with van der Waals surface area (Å²) in [6.07, 6.45) is 0.725. The molecule has 2 bridgehead atoms. The Morgan fingerprint density at radius 1 is 1.44 bits per heavy atom. The van der Waals surface area contributed by atoms with E-state index in [1.54, 1.807) is 0 Å². The van der Waals surface area contributed by atoms with Crippen LogP contribution in [0.4, 0.5) is 4.79 Å². The lowest BCUT2D eigenvalue weighted by Gasteiger charge is -2.27. The van der Waals surface area contributed by atoms with Crippen LogP contribution in [0.25, 0.3) is 0 Å². The maximum Gasteiger partial charge on any atom is 0.418 e. The highest BCUT2D eigenvalue weighted by Crippen LogP contribution is 2.30. The highest BCUT2D eigenvalue weighted by molar-refractivity contribution is 7.80. The number of fused-ring (bicyclic) bond motifs is 2. The minimum absolute atomic E-state index is 0. The van der Waals surface area contributed by atoms with Crippen molar-refractivity contribution in [2.24, 2.45) is 5.73 Å². The number of nitrogens with two attached hydrogens (primary N) is 1. The molecule has 0 spiro atoms. The van der Waals surface area contributed by atoms with Gasteiger partial charge in [-0.25, -0.2) is 4.79 Å². The largest absolute Gasteiger partial charge is 0.418 e. The molecule has 10 nitrogen and oxygen atoms in total. The molecule has 0 aromatic carbocycles. The van der Waals surface area contributed by atoms with Gasteiger partial charge >= 0.3 is 16.4 Å². The van der Waals surface area contributed by atoms with Crippen LogP contribution in [0.2, 0.25) is 0 Å². The molecule has 2 aliphatic rings. The molecule has 2 saturated heterocycles. The second kappa shape index (κ2) is 4.68. The molecular weight excluding hydrogens is 270 g/mol. The number of nitrogens with zero attached hydrogens (tertiary/aromatic N) is 2. The molecule has 0 aromatic rings. The van der Waals surface area contributed by atoms with Crippen LogP contribution in [0.5, 0.6) is 0 Å². The molecule has 0 aromatic heterocycles. The molecule has 2 rings (SSSR count). The first-order chi connectivity index (χ1) is 7.79. The third kappa shape index (κ3) is 2.53. The molecule has 5 N–H and O–H groups in total. The second-order valence-electron chi connectivity index (χ2n) is 3.91.